The molecule has 1 heterocycles. The number of hydrogen-bond donors (Lipinski definition) is 1. The maximum absolute atomic E-state index is 14.0. The Hall–Kier alpha value is -2.17. The highest BCUT2D eigenvalue weighted by Gasteiger charge is 2.57. The minimum absolute atomic E-state index is 0.172. The Bertz CT molecular complexity index is 818. The van der Waals surface area contributed by atoms with Crippen LogP contribution in [0.1, 0.15) is 36.0 Å². The van der Waals surface area contributed by atoms with Crippen molar-refractivity contribution in [1.82, 2.24) is 0 Å². The molecule has 0 aromatic heterocycles. The van der Waals surface area contributed by atoms with E-state index in [-0.39, 0.29) is 12.8 Å². The van der Waals surface area contributed by atoms with Gasteiger partial charge < -0.3 is 9.84 Å². The van der Waals surface area contributed by atoms with Gasteiger partial charge in [-0.05, 0) is 37.1 Å². The maximum atomic E-state index is 14.0. The van der Waals surface area contributed by atoms with Gasteiger partial charge in [-0.15, -0.1) is 0 Å². The molecule has 2 aromatic carbocycles. The molecule has 5 heteroatoms. The molecule has 2 aliphatic rings. The van der Waals surface area contributed by atoms with Gasteiger partial charge in [-0.3, -0.25) is 0 Å². The van der Waals surface area contributed by atoms with Gasteiger partial charge in [0.1, 0.15) is 11.9 Å². The first-order chi connectivity index (χ1) is 11.3. The lowest BCUT2D eigenvalue weighted by atomic mass is 9.63. The zero-order chi connectivity index (χ0) is 17.1. The van der Waals surface area contributed by atoms with Gasteiger partial charge in [-0.1, -0.05) is 23.8 Å². The Morgan fingerprint density at radius 3 is 2.67 bits per heavy atom. The molecular formula is C19H17F3O2. The Morgan fingerprint density at radius 1 is 1.12 bits per heavy atom. The molecule has 24 heavy (non-hydrogen) atoms. The van der Waals surface area contributed by atoms with Crippen LogP contribution in [-0.4, -0.2) is 17.1 Å². The second-order valence-corrected chi connectivity index (χ2v) is 6.80. The van der Waals surface area contributed by atoms with Gasteiger partial charge >= 0.3 is 0 Å². The second-order valence-electron chi connectivity index (χ2n) is 6.80. The predicted octanol–water partition coefficient (Wildman–Crippen LogP) is 4.71. The normalized spacial score (nSPS) is 27.2. The van der Waals surface area contributed by atoms with Crippen molar-refractivity contribution in [2.75, 3.05) is 0 Å². The van der Waals surface area contributed by atoms with Crippen LogP contribution in [0.25, 0.3) is 0 Å². The zero-order valence-electron chi connectivity index (χ0n) is 13.2. The third kappa shape index (κ3) is 2.10. The van der Waals surface area contributed by atoms with Crippen molar-refractivity contribution in [3.8, 4) is 11.5 Å². The molecule has 1 fully saturated rings. The monoisotopic (exact) mass is 334 g/mol. The summed E-state index contributed by atoms with van der Waals surface area (Å²) in [6, 6.07) is 9.72. The molecule has 2 aromatic rings. The van der Waals surface area contributed by atoms with Crippen molar-refractivity contribution in [3.05, 3.63) is 58.9 Å². The summed E-state index contributed by atoms with van der Waals surface area (Å²) in [6.07, 6.45) is -1.25. The van der Waals surface area contributed by atoms with Crippen molar-refractivity contribution < 1.29 is 23.0 Å². The van der Waals surface area contributed by atoms with E-state index in [1.807, 2.05) is 19.1 Å². The number of hydrogen-bond acceptors (Lipinski definition) is 2. The van der Waals surface area contributed by atoms with Crippen LogP contribution in [0, 0.1) is 12.7 Å². The molecule has 0 bridgehead atoms. The molecule has 126 valence electrons. The lowest BCUT2D eigenvalue weighted by molar-refractivity contribution is -0.0830. The number of fused-ring (bicyclic) bond motifs is 3. The SMILES string of the molecule is Cc1ccc2c(c1)C1(c3ccc(O)c(F)c3)CCC(F)(F)CC1O2. The summed E-state index contributed by atoms with van der Waals surface area (Å²) in [5, 5.41) is 9.48. The molecule has 0 amide bonds. The average molecular weight is 334 g/mol. The van der Waals surface area contributed by atoms with Crippen molar-refractivity contribution in [1.29, 1.82) is 0 Å². The molecule has 1 aliphatic carbocycles. The molecule has 2 unspecified atom stereocenters. The number of benzene rings is 2. The van der Waals surface area contributed by atoms with Crippen molar-refractivity contribution in [2.45, 2.75) is 43.6 Å². The summed E-state index contributed by atoms with van der Waals surface area (Å²) in [6.45, 7) is 1.93. The van der Waals surface area contributed by atoms with Gasteiger partial charge in [0.05, 0.1) is 5.41 Å². The van der Waals surface area contributed by atoms with E-state index in [4.69, 9.17) is 4.74 Å². The molecule has 1 N–H and O–H groups in total. The van der Waals surface area contributed by atoms with E-state index in [1.165, 1.54) is 12.1 Å². The zero-order valence-corrected chi connectivity index (χ0v) is 13.2. The van der Waals surface area contributed by atoms with Crippen molar-refractivity contribution in [2.24, 2.45) is 0 Å². The topological polar surface area (TPSA) is 29.5 Å². The highest BCUT2D eigenvalue weighted by Crippen LogP contribution is 2.57. The summed E-state index contributed by atoms with van der Waals surface area (Å²) < 4.78 is 47.8. The van der Waals surface area contributed by atoms with E-state index in [2.05, 4.69) is 0 Å². The molecule has 1 aliphatic heterocycles. The van der Waals surface area contributed by atoms with Gasteiger partial charge in [0.25, 0.3) is 5.92 Å². The van der Waals surface area contributed by atoms with Crippen LogP contribution in [0.2, 0.25) is 0 Å². The molecule has 1 saturated carbocycles. The highest BCUT2D eigenvalue weighted by molar-refractivity contribution is 5.55. The van der Waals surface area contributed by atoms with E-state index >= 15 is 0 Å². The van der Waals surface area contributed by atoms with Crippen LogP contribution in [0.5, 0.6) is 11.5 Å². The Morgan fingerprint density at radius 2 is 1.92 bits per heavy atom. The molecule has 0 radical (unpaired) electrons. The molecule has 0 spiro atoms. The fourth-order valence-corrected chi connectivity index (χ4v) is 4.06. The van der Waals surface area contributed by atoms with E-state index in [9.17, 15) is 18.3 Å². The number of halogens is 3. The Balaban J connectivity index is 1.93. The van der Waals surface area contributed by atoms with Crippen LogP contribution in [0.15, 0.2) is 36.4 Å². The highest BCUT2D eigenvalue weighted by atomic mass is 19.3. The van der Waals surface area contributed by atoms with Crippen LogP contribution in [-0.2, 0) is 5.41 Å². The largest absolute Gasteiger partial charge is 0.505 e. The van der Waals surface area contributed by atoms with Gasteiger partial charge in [0, 0.05) is 18.4 Å². The quantitative estimate of drug-likeness (QED) is 0.819. The summed E-state index contributed by atoms with van der Waals surface area (Å²) in [5.74, 6) is -3.41. The maximum Gasteiger partial charge on any atom is 0.251 e. The number of aromatic hydroxyl groups is 1. The van der Waals surface area contributed by atoms with Crippen LogP contribution < -0.4 is 4.74 Å². The van der Waals surface area contributed by atoms with Crippen LogP contribution in [0.4, 0.5) is 13.2 Å². The second kappa shape index (κ2) is 4.91. The van der Waals surface area contributed by atoms with Gasteiger partial charge in [0.2, 0.25) is 0 Å². The minimum Gasteiger partial charge on any atom is -0.505 e. The number of phenols is 1. The summed E-state index contributed by atoms with van der Waals surface area (Å²) in [4.78, 5) is 0. The third-order valence-corrected chi connectivity index (χ3v) is 5.27. The van der Waals surface area contributed by atoms with E-state index in [0.717, 1.165) is 11.1 Å². The molecule has 2 nitrogen and oxygen atoms in total. The molecular weight excluding hydrogens is 317 g/mol. The van der Waals surface area contributed by atoms with Crippen LogP contribution in [0.3, 0.4) is 0 Å². The van der Waals surface area contributed by atoms with E-state index < -0.39 is 35.4 Å². The standard InChI is InChI=1S/C19H17F3O2/c1-11-2-5-16-13(8-11)19(12-3-4-15(23)14(20)9-12)7-6-18(21,22)10-17(19)24-16/h2-5,8-9,17,23H,6-7,10H2,1H3. The average Bonchev–Trinajstić information content (AvgIpc) is 2.82. The number of aryl methyl sites for hydroxylation is 1. The Kier molecular flexibility index (Phi) is 3.15. The summed E-state index contributed by atoms with van der Waals surface area (Å²) >= 11 is 0. The number of phenolic OH excluding ortho intramolecular Hbond substituents is 1. The molecule has 2 atom stereocenters. The lowest BCUT2D eigenvalue weighted by Crippen LogP contribution is -2.48. The summed E-state index contributed by atoms with van der Waals surface area (Å²) in [7, 11) is 0. The third-order valence-electron chi connectivity index (χ3n) is 5.27. The fourth-order valence-electron chi connectivity index (χ4n) is 4.06. The predicted molar refractivity (Wildman–Crippen MR) is 83.2 cm³/mol. The lowest BCUT2D eigenvalue weighted by Gasteiger charge is -2.41. The number of rotatable bonds is 1. The van der Waals surface area contributed by atoms with E-state index in [1.54, 1.807) is 12.1 Å². The number of ether oxygens (including phenoxy) is 1. The fraction of sp³-hybridized carbons (Fsp3) is 0.368. The van der Waals surface area contributed by atoms with Crippen LogP contribution >= 0.6 is 0 Å². The van der Waals surface area contributed by atoms with Crippen molar-refractivity contribution in [3.63, 3.8) is 0 Å². The summed E-state index contributed by atoms with van der Waals surface area (Å²) in [5.41, 5.74) is 1.59. The van der Waals surface area contributed by atoms with E-state index in [0.29, 0.717) is 11.3 Å². The smallest absolute Gasteiger partial charge is 0.251 e. The van der Waals surface area contributed by atoms with Gasteiger partial charge in [0.15, 0.2) is 11.6 Å². The van der Waals surface area contributed by atoms with Gasteiger partial charge in [-0.2, -0.15) is 0 Å². The van der Waals surface area contributed by atoms with Crippen molar-refractivity contribution >= 4 is 0 Å². The first kappa shape index (κ1) is 15.4. The minimum atomic E-state index is -2.79. The van der Waals surface area contributed by atoms with Gasteiger partial charge in [-0.25, -0.2) is 13.2 Å². The molecule has 0 saturated heterocycles. The Labute approximate surface area is 137 Å². The first-order valence-corrected chi connectivity index (χ1v) is 7.96. The number of alkyl halides is 2. The molecule has 4 rings (SSSR count). The first-order valence-electron chi connectivity index (χ1n) is 7.96.